The standard InChI is InChI=1S/C20H24ClN3O4S/c1-4-14(2)22-20(26)17-10-5-6-11-18(17)23-19(25)13-24(29(3,27)28)16-9-7-8-15(21)12-16/h5-12,14H,4,13H2,1-3H3,(H,22,26)(H,23,25)/t14-/m1/s1. The number of anilines is 2. The summed E-state index contributed by atoms with van der Waals surface area (Å²) in [7, 11) is -3.73. The topological polar surface area (TPSA) is 95.6 Å². The van der Waals surface area contributed by atoms with Gasteiger partial charge in [0.2, 0.25) is 15.9 Å². The van der Waals surface area contributed by atoms with Crippen molar-refractivity contribution in [2.45, 2.75) is 26.3 Å². The molecule has 0 fully saturated rings. The molecule has 0 saturated heterocycles. The van der Waals surface area contributed by atoms with Crippen molar-refractivity contribution in [1.82, 2.24) is 5.32 Å². The molecule has 0 spiro atoms. The maximum atomic E-state index is 12.6. The molecule has 0 aromatic heterocycles. The molecule has 2 amide bonds. The quantitative estimate of drug-likeness (QED) is 0.662. The lowest BCUT2D eigenvalue weighted by Crippen LogP contribution is -2.38. The van der Waals surface area contributed by atoms with Gasteiger partial charge in [0, 0.05) is 11.1 Å². The maximum Gasteiger partial charge on any atom is 0.253 e. The highest BCUT2D eigenvalue weighted by Gasteiger charge is 2.22. The SMILES string of the molecule is CC[C@@H](C)NC(=O)c1ccccc1NC(=O)CN(c1cccc(Cl)c1)S(C)(=O)=O. The van der Waals surface area contributed by atoms with Gasteiger partial charge in [0.05, 0.1) is 23.2 Å². The van der Waals surface area contributed by atoms with Crippen LogP contribution in [0.4, 0.5) is 11.4 Å². The van der Waals surface area contributed by atoms with Crippen molar-refractivity contribution in [2.75, 3.05) is 22.4 Å². The van der Waals surface area contributed by atoms with Crippen LogP contribution in [0.25, 0.3) is 0 Å². The summed E-state index contributed by atoms with van der Waals surface area (Å²) >= 11 is 5.95. The van der Waals surface area contributed by atoms with E-state index in [4.69, 9.17) is 11.6 Å². The molecule has 1 atom stereocenters. The Morgan fingerprint density at radius 1 is 1.14 bits per heavy atom. The van der Waals surface area contributed by atoms with E-state index in [1.54, 1.807) is 42.5 Å². The highest BCUT2D eigenvalue weighted by atomic mass is 35.5. The van der Waals surface area contributed by atoms with Crippen LogP contribution in [0, 0.1) is 0 Å². The molecule has 0 heterocycles. The Labute approximate surface area is 176 Å². The number of nitrogens with one attached hydrogen (secondary N) is 2. The van der Waals surface area contributed by atoms with Gasteiger partial charge < -0.3 is 10.6 Å². The summed E-state index contributed by atoms with van der Waals surface area (Å²) in [4.78, 5) is 25.1. The average Bonchev–Trinajstić information content (AvgIpc) is 2.65. The summed E-state index contributed by atoms with van der Waals surface area (Å²) < 4.78 is 25.4. The van der Waals surface area contributed by atoms with Crippen molar-refractivity contribution in [2.24, 2.45) is 0 Å². The van der Waals surface area contributed by atoms with Gasteiger partial charge in [0.1, 0.15) is 6.54 Å². The molecule has 0 aliphatic carbocycles. The van der Waals surface area contributed by atoms with E-state index in [1.165, 1.54) is 6.07 Å². The fraction of sp³-hybridized carbons (Fsp3) is 0.300. The van der Waals surface area contributed by atoms with Crippen LogP contribution >= 0.6 is 11.6 Å². The van der Waals surface area contributed by atoms with Crippen LogP contribution in [-0.2, 0) is 14.8 Å². The van der Waals surface area contributed by atoms with Crippen molar-refractivity contribution < 1.29 is 18.0 Å². The molecule has 0 saturated carbocycles. The van der Waals surface area contributed by atoms with Crippen LogP contribution in [0.15, 0.2) is 48.5 Å². The first-order chi connectivity index (χ1) is 13.6. The van der Waals surface area contributed by atoms with Crippen LogP contribution in [0.1, 0.15) is 30.6 Å². The summed E-state index contributed by atoms with van der Waals surface area (Å²) in [6.07, 6.45) is 1.78. The van der Waals surface area contributed by atoms with Gasteiger partial charge in [-0.25, -0.2) is 8.42 Å². The lowest BCUT2D eigenvalue weighted by Gasteiger charge is -2.22. The molecule has 0 bridgehead atoms. The third-order valence-electron chi connectivity index (χ3n) is 4.22. The van der Waals surface area contributed by atoms with Gasteiger partial charge >= 0.3 is 0 Å². The van der Waals surface area contributed by atoms with E-state index >= 15 is 0 Å². The van der Waals surface area contributed by atoms with Crippen molar-refractivity contribution >= 4 is 44.8 Å². The Morgan fingerprint density at radius 3 is 2.45 bits per heavy atom. The minimum absolute atomic E-state index is 0.0187. The van der Waals surface area contributed by atoms with Crippen LogP contribution in [0.3, 0.4) is 0 Å². The lowest BCUT2D eigenvalue weighted by molar-refractivity contribution is -0.114. The van der Waals surface area contributed by atoms with Crippen molar-refractivity contribution in [3.8, 4) is 0 Å². The van der Waals surface area contributed by atoms with E-state index in [0.29, 0.717) is 16.3 Å². The molecule has 0 unspecified atom stereocenters. The third kappa shape index (κ3) is 6.47. The van der Waals surface area contributed by atoms with Crippen LogP contribution in [-0.4, -0.2) is 39.1 Å². The molecule has 2 aromatic carbocycles. The highest BCUT2D eigenvalue weighted by Crippen LogP contribution is 2.22. The van der Waals surface area contributed by atoms with E-state index in [0.717, 1.165) is 17.0 Å². The number of sulfonamides is 1. The monoisotopic (exact) mass is 437 g/mol. The smallest absolute Gasteiger partial charge is 0.253 e. The number of halogens is 1. The lowest BCUT2D eigenvalue weighted by atomic mass is 10.1. The van der Waals surface area contributed by atoms with E-state index in [9.17, 15) is 18.0 Å². The molecule has 0 aliphatic rings. The minimum Gasteiger partial charge on any atom is -0.350 e. The number of rotatable bonds is 8. The zero-order chi connectivity index (χ0) is 21.6. The van der Waals surface area contributed by atoms with E-state index in [1.807, 2.05) is 13.8 Å². The fourth-order valence-electron chi connectivity index (χ4n) is 2.55. The molecule has 7 nitrogen and oxygen atoms in total. The Kier molecular flexibility index (Phi) is 7.64. The number of nitrogens with zero attached hydrogens (tertiary/aromatic N) is 1. The molecule has 2 aromatic rings. The summed E-state index contributed by atoms with van der Waals surface area (Å²) in [5, 5.41) is 5.83. The second kappa shape index (κ2) is 9.76. The first kappa shape index (κ1) is 22.7. The van der Waals surface area contributed by atoms with E-state index in [2.05, 4.69) is 10.6 Å². The van der Waals surface area contributed by atoms with Crippen molar-refractivity contribution in [1.29, 1.82) is 0 Å². The molecule has 0 radical (unpaired) electrons. The first-order valence-electron chi connectivity index (χ1n) is 9.04. The number of carbonyl (C=O) groups excluding carboxylic acids is 2. The molecule has 29 heavy (non-hydrogen) atoms. The van der Waals surface area contributed by atoms with Crippen molar-refractivity contribution in [3.63, 3.8) is 0 Å². The number of hydrogen-bond acceptors (Lipinski definition) is 4. The first-order valence-corrected chi connectivity index (χ1v) is 11.3. The van der Waals surface area contributed by atoms with E-state index < -0.39 is 22.5 Å². The molecular formula is C20H24ClN3O4S. The Morgan fingerprint density at radius 2 is 1.83 bits per heavy atom. The van der Waals surface area contributed by atoms with Gasteiger partial charge in [-0.2, -0.15) is 0 Å². The van der Waals surface area contributed by atoms with Gasteiger partial charge in [0.25, 0.3) is 5.91 Å². The van der Waals surface area contributed by atoms with E-state index in [-0.39, 0.29) is 17.6 Å². The van der Waals surface area contributed by atoms with Crippen LogP contribution < -0.4 is 14.9 Å². The zero-order valence-corrected chi connectivity index (χ0v) is 18.0. The van der Waals surface area contributed by atoms with Crippen molar-refractivity contribution in [3.05, 3.63) is 59.1 Å². The number of benzene rings is 2. The highest BCUT2D eigenvalue weighted by molar-refractivity contribution is 7.92. The largest absolute Gasteiger partial charge is 0.350 e. The minimum atomic E-state index is -3.73. The number of para-hydroxylation sites is 1. The summed E-state index contributed by atoms with van der Waals surface area (Å²) in [6.45, 7) is 3.38. The summed E-state index contributed by atoms with van der Waals surface area (Å²) in [5.74, 6) is -0.899. The van der Waals surface area contributed by atoms with Gasteiger partial charge in [-0.1, -0.05) is 36.7 Å². The molecule has 2 N–H and O–H groups in total. The Balaban J connectivity index is 2.22. The number of hydrogen-bond donors (Lipinski definition) is 2. The maximum absolute atomic E-state index is 12.6. The molecule has 9 heteroatoms. The van der Waals surface area contributed by atoms with Gasteiger partial charge in [-0.3, -0.25) is 13.9 Å². The predicted octanol–water partition coefficient (Wildman–Crippen LogP) is 3.27. The predicted molar refractivity (Wildman–Crippen MR) is 116 cm³/mol. The molecule has 2 rings (SSSR count). The van der Waals surface area contributed by atoms with Crippen LogP contribution in [0.2, 0.25) is 5.02 Å². The molecule has 156 valence electrons. The summed E-state index contributed by atoms with van der Waals surface area (Å²) in [6, 6.07) is 12.8. The van der Waals surface area contributed by atoms with Gasteiger partial charge in [0.15, 0.2) is 0 Å². The normalized spacial score (nSPS) is 12.1. The second-order valence-electron chi connectivity index (χ2n) is 6.63. The third-order valence-corrected chi connectivity index (χ3v) is 5.60. The fourth-order valence-corrected chi connectivity index (χ4v) is 3.58. The van der Waals surface area contributed by atoms with Gasteiger partial charge in [-0.05, 0) is 43.7 Å². The zero-order valence-electron chi connectivity index (χ0n) is 16.5. The Hall–Kier alpha value is -2.58. The Bertz CT molecular complexity index is 995. The van der Waals surface area contributed by atoms with Gasteiger partial charge in [-0.15, -0.1) is 0 Å². The molecule has 0 aliphatic heterocycles. The number of carbonyl (C=O) groups is 2. The molecular weight excluding hydrogens is 414 g/mol. The van der Waals surface area contributed by atoms with Crippen LogP contribution in [0.5, 0.6) is 0 Å². The second-order valence-corrected chi connectivity index (χ2v) is 8.97. The number of amides is 2. The average molecular weight is 438 g/mol. The summed E-state index contributed by atoms with van der Waals surface area (Å²) in [5.41, 5.74) is 0.880.